The molecule has 2 rings (SSSR count). The van der Waals surface area contributed by atoms with Gasteiger partial charge in [0.2, 0.25) is 0 Å². The first-order chi connectivity index (χ1) is 9.88. The Morgan fingerprint density at radius 1 is 0.950 bits per heavy atom. The van der Waals surface area contributed by atoms with Gasteiger partial charge in [-0.1, -0.05) is 55.1 Å². The topological polar surface area (TPSA) is 30.5 Å². The summed E-state index contributed by atoms with van der Waals surface area (Å²) in [5.74, 6) is 0.846. The second kappa shape index (κ2) is 8.15. The van der Waals surface area contributed by atoms with E-state index in [9.17, 15) is 0 Å². The molecule has 0 aliphatic heterocycles. The summed E-state index contributed by atoms with van der Waals surface area (Å²) in [5, 5.41) is 0. The van der Waals surface area contributed by atoms with Crippen LogP contribution in [0.3, 0.4) is 0 Å². The van der Waals surface area contributed by atoms with Crippen LogP contribution >= 0.6 is 0 Å². The molecule has 0 aliphatic carbocycles. The van der Waals surface area contributed by atoms with Crippen molar-refractivity contribution in [2.45, 2.75) is 13.2 Å². The van der Waals surface area contributed by atoms with Crippen LogP contribution in [0.2, 0.25) is 0 Å². The smallest absolute Gasteiger partial charge is 0.119 e. The summed E-state index contributed by atoms with van der Waals surface area (Å²) in [4.78, 5) is 5.42. The molecular formula is C17H19NO2. The normalized spacial score (nSPS) is 10.2. The Bertz CT molecular complexity index is 508. The maximum Gasteiger partial charge on any atom is 0.119 e. The van der Waals surface area contributed by atoms with Gasteiger partial charge in [-0.15, -0.1) is 0 Å². The van der Waals surface area contributed by atoms with Crippen molar-refractivity contribution in [3.8, 4) is 5.75 Å². The highest BCUT2D eigenvalue weighted by Crippen LogP contribution is 2.12. The number of ether oxygens (including phenoxy) is 1. The van der Waals surface area contributed by atoms with Gasteiger partial charge in [-0.25, -0.2) is 0 Å². The first kappa shape index (κ1) is 14.3. The van der Waals surface area contributed by atoms with Crippen molar-refractivity contribution in [1.29, 1.82) is 0 Å². The van der Waals surface area contributed by atoms with E-state index in [4.69, 9.17) is 9.57 Å². The van der Waals surface area contributed by atoms with Crippen molar-refractivity contribution >= 4 is 0 Å². The van der Waals surface area contributed by atoms with Gasteiger partial charge < -0.3 is 4.74 Å². The molecule has 2 aromatic carbocycles. The van der Waals surface area contributed by atoms with E-state index in [1.165, 1.54) is 0 Å². The van der Waals surface area contributed by atoms with Crippen molar-refractivity contribution in [2.24, 2.45) is 0 Å². The molecule has 104 valence electrons. The lowest BCUT2D eigenvalue weighted by Crippen LogP contribution is -2.13. The molecule has 0 aliphatic rings. The third-order valence-electron chi connectivity index (χ3n) is 2.75. The lowest BCUT2D eigenvalue weighted by molar-refractivity contribution is 0.0235. The van der Waals surface area contributed by atoms with Crippen LogP contribution in [-0.2, 0) is 18.0 Å². The van der Waals surface area contributed by atoms with Gasteiger partial charge in [0.25, 0.3) is 0 Å². The van der Waals surface area contributed by atoms with E-state index >= 15 is 0 Å². The molecule has 0 bridgehead atoms. The lowest BCUT2D eigenvalue weighted by Gasteiger charge is -2.07. The van der Waals surface area contributed by atoms with E-state index < -0.39 is 0 Å². The Morgan fingerprint density at radius 2 is 1.70 bits per heavy atom. The highest BCUT2D eigenvalue weighted by atomic mass is 16.6. The summed E-state index contributed by atoms with van der Waals surface area (Å²) in [6.07, 6.45) is 1.73. The number of hydrogen-bond donors (Lipinski definition) is 1. The zero-order chi connectivity index (χ0) is 14.0. The quantitative estimate of drug-likeness (QED) is 0.452. The Balaban J connectivity index is 1.70. The van der Waals surface area contributed by atoms with E-state index in [1.54, 1.807) is 6.08 Å². The van der Waals surface area contributed by atoms with E-state index in [0.29, 0.717) is 19.8 Å². The number of hydroxylamine groups is 1. The van der Waals surface area contributed by atoms with Gasteiger partial charge in [0.15, 0.2) is 0 Å². The SMILES string of the molecule is C=CCOc1ccc(CNOCc2ccccc2)cc1. The fraction of sp³-hybridized carbons (Fsp3) is 0.176. The average Bonchev–Trinajstić information content (AvgIpc) is 2.52. The van der Waals surface area contributed by atoms with E-state index in [1.807, 2.05) is 54.6 Å². The first-order valence-electron chi connectivity index (χ1n) is 6.59. The van der Waals surface area contributed by atoms with Gasteiger partial charge in [0, 0.05) is 6.54 Å². The van der Waals surface area contributed by atoms with Crippen LogP contribution in [-0.4, -0.2) is 6.61 Å². The summed E-state index contributed by atoms with van der Waals surface area (Å²) >= 11 is 0. The van der Waals surface area contributed by atoms with Crippen LogP contribution in [0, 0.1) is 0 Å². The number of hydrogen-bond acceptors (Lipinski definition) is 3. The monoisotopic (exact) mass is 269 g/mol. The molecule has 20 heavy (non-hydrogen) atoms. The summed E-state index contributed by atoms with van der Waals surface area (Å²) in [5.41, 5.74) is 5.24. The summed E-state index contributed by atoms with van der Waals surface area (Å²) in [6, 6.07) is 18.0. The highest BCUT2D eigenvalue weighted by molar-refractivity contribution is 5.27. The molecule has 3 nitrogen and oxygen atoms in total. The molecule has 0 radical (unpaired) electrons. The third-order valence-corrected chi connectivity index (χ3v) is 2.75. The lowest BCUT2D eigenvalue weighted by atomic mass is 10.2. The molecule has 0 unspecified atom stereocenters. The summed E-state index contributed by atoms with van der Waals surface area (Å²) in [7, 11) is 0. The second-order valence-electron chi connectivity index (χ2n) is 4.34. The highest BCUT2D eigenvalue weighted by Gasteiger charge is 1.96. The number of benzene rings is 2. The zero-order valence-electron chi connectivity index (χ0n) is 11.4. The first-order valence-corrected chi connectivity index (χ1v) is 6.59. The zero-order valence-corrected chi connectivity index (χ0v) is 11.4. The minimum absolute atomic E-state index is 0.526. The molecule has 0 saturated carbocycles. The Hall–Kier alpha value is -2.10. The van der Waals surface area contributed by atoms with Crippen molar-refractivity contribution in [1.82, 2.24) is 5.48 Å². The molecular weight excluding hydrogens is 250 g/mol. The summed E-state index contributed by atoms with van der Waals surface area (Å²) < 4.78 is 5.42. The third kappa shape index (κ3) is 4.88. The number of rotatable bonds is 8. The largest absolute Gasteiger partial charge is 0.490 e. The minimum Gasteiger partial charge on any atom is -0.490 e. The molecule has 0 spiro atoms. The van der Waals surface area contributed by atoms with E-state index in [0.717, 1.165) is 16.9 Å². The van der Waals surface area contributed by atoms with Gasteiger partial charge in [-0.2, -0.15) is 5.48 Å². The van der Waals surface area contributed by atoms with Crippen molar-refractivity contribution < 1.29 is 9.57 Å². The van der Waals surface area contributed by atoms with Crippen LogP contribution in [0.1, 0.15) is 11.1 Å². The maximum atomic E-state index is 5.42. The predicted molar refractivity (Wildman–Crippen MR) is 80.2 cm³/mol. The number of nitrogens with one attached hydrogen (secondary N) is 1. The molecule has 0 atom stereocenters. The van der Waals surface area contributed by atoms with Gasteiger partial charge in [0.05, 0.1) is 6.61 Å². The average molecular weight is 269 g/mol. The second-order valence-corrected chi connectivity index (χ2v) is 4.34. The fourth-order valence-corrected chi connectivity index (χ4v) is 1.70. The van der Waals surface area contributed by atoms with Crippen LogP contribution < -0.4 is 10.2 Å². The van der Waals surface area contributed by atoms with Gasteiger partial charge in [-0.3, -0.25) is 4.84 Å². The Labute approximate surface area is 119 Å². The predicted octanol–water partition coefficient (Wildman–Crippen LogP) is 3.47. The van der Waals surface area contributed by atoms with Crippen LogP contribution in [0.4, 0.5) is 0 Å². The Morgan fingerprint density at radius 3 is 2.40 bits per heavy atom. The molecule has 3 heteroatoms. The van der Waals surface area contributed by atoms with Crippen molar-refractivity contribution in [2.75, 3.05) is 6.61 Å². The van der Waals surface area contributed by atoms with Crippen LogP contribution in [0.15, 0.2) is 67.3 Å². The van der Waals surface area contributed by atoms with E-state index in [2.05, 4.69) is 12.1 Å². The molecule has 0 heterocycles. The van der Waals surface area contributed by atoms with Crippen molar-refractivity contribution in [3.63, 3.8) is 0 Å². The standard InChI is InChI=1S/C17H19NO2/c1-2-12-19-17-10-8-15(9-11-17)13-18-20-14-16-6-4-3-5-7-16/h2-11,18H,1,12-14H2. The maximum absolute atomic E-state index is 5.42. The molecule has 1 N–H and O–H groups in total. The minimum atomic E-state index is 0.526. The van der Waals surface area contributed by atoms with Gasteiger partial charge >= 0.3 is 0 Å². The Kier molecular flexibility index (Phi) is 5.83. The van der Waals surface area contributed by atoms with Gasteiger partial charge in [-0.05, 0) is 23.3 Å². The molecule has 0 saturated heterocycles. The van der Waals surface area contributed by atoms with Gasteiger partial charge in [0.1, 0.15) is 12.4 Å². The summed E-state index contributed by atoms with van der Waals surface area (Å²) in [6.45, 7) is 5.36. The molecule has 0 amide bonds. The van der Waals surface area contributed by atoms with Crippen LogP contribution in [0.25, 0.3) is 0 Å². The van der Waals surface area contributed by atoms with Crippen molar-refractivity contribution in [3.05, 3.63) is 78.4 Å². The fourth-order valence-electron chi connectivity index (χ4n) is 1.70. The molecule has 0 aromatic heterocycles. The molecule has 0 fully saturated rings. The van der Waals surface area contributed by atoms with Crippen LogP contribution in [0.5, 0.6) is 5.75 Å². The molecule has 2 aromatic rings. The van der Waals surface area contributed by atoms with E-state index in [-0.39, 0.29) is 0 Å².